The molecule has 2 fully saturated rings. The lowest BCUT2D eigenvalue weighted by Gasteiger charge is -2.37. The van der Waals surface area contributed by atoms with E-state index in [0.717, 1.165) is 78.6 Å². The van der Waals surface area contributed by atoms with E-state index in [1.165, 1.54) is 12.1 Å². The van der Waals surface area contributed by atoms with Crippen LogP contribution in [0, 0.1) is 37.9 Å². The maximum absolute atomic E-state index is 13.8. The molecule has 1 aromatic heterocycles. The van der Waals surface area contributed by atoms with Crippen LogP contribution in [0.4, 0.5) is 21.5 Å². The normalized spacial score (nSPS) is 16.0. The second-order valence-electron chi connectivity index (χ2n) is 10.9. The quantitative estimate of drug-likeness (QED) is 0.460. The summed E-state index contributed by atoms with van der Waals surface area (Å²) in [5.74, 6) is -0.394. The Morgan fingerprint density at radius 2 is 1.76 bits per heavy atom. The minimum Gasteiger partial charge on any atom is -0.392 e. The summed E-state index contributed by atoms with van der Waals surface area (Å²) in [4.78, 5) is 24.8. The van der Waals surface area contributed by atoms with Crippen LogP contribution in [-0.4, -0.2) is 66.2 Å². The number of anilines is 3. The Balaban J connectivity index is 1.25. The van der Waals surface area contributed by atoms with Crippen molar-refractivity contribution in [2.45, 2.75) is 46.3 Å². The van der Waals surface area contributed by atoms with Crippen molar-refractivity contribution >= 4 is 23.0 Å². The Morgan fingerprint density at radius 3 is 2.44 bits per heavy atom. The van der Waals surface area contributed by atoms with Gasteiger partial charge in [-0.3, -0.25) is 9.78 Å². The number of carbonyl (C=O) groups is 1. The number of benzene rings is 2. The van der Waals surface area contributed by atoms with Gasteiger partial charge >= 0.3 is 0 Å². The number of rotatable bonds is 6. The molecule has 0 atom stereocenters. The van der Waals surface area contributed by atoms with Crippen LogP contribution in [0.5, 0.6) is 0 Å². The Labute approximate surface area is 241 Å². The van der Waals surface area contributed by atoms with Gasteiger partial charge in [-0.05, 0) is 75.1 Å². The summed E-state index contributed by atoms with van der Waals surface area (Å²) < 4.78 is 13.6. The van der Waals surface area contributed by atoms with Gasteiger partial charge in [0.2, 0.25) is 0 Å². The average Bonchev–Trinajstić information content (AvgIpc) is 2.99. The van der Waals surface area contributed by atoms with E-state index in [1.807, 2.05) is 49.9 Å². The molecule has 5 rings (SSSR count). The second kappa shape index (κ2) is 12.1. The highest BCUT2D eigenvalue weighted by Gasteiger charge is 2.28. The number of hydrogen-bond donors (Lipinski definition) is 2. The van der Waals surface area contributed by atoms with Crippen molar-refractivity contribution < 1.29 is 14.3 Å². The zero-order valence-corrected chi connectivity index (χ0v) is 24.0. The average molecular weight is 557 g/mol. The van der Waals surface area contributed by atoms with Crippen molar-refractivity contribution in [3.63, 3.8) is 0 Å². The summed E-state index contributed by atoms with van der Waals surface area (Å²) in [6.07, 6.45) is 1.69. The number of piperidine rings is 1. The fourth-order valence-corrected chi connectivity index (χ4v) is 6.08. The highest BCUT2D eigenvalue weighted by atomic mass is 19.1. The number of nitrogens with zero attached hydrogens (tertiary/aromatic N) is 5. The molecular formula is C32H37FN6O2. The first-order valence-corrected chi connectivity index (χ1v) is 14.2. The molecule has 2 saturated heterocycles. The number of hydrogen-bond acceptors (Lipinski definition) is 7. The Bertz CT molecular complexity index is 1470. The summed E-state index contributed by atoms with van der Waals surface area (Å²) >= 11 is 0. The van der Waals surface area contributed by atoms with E-state index in [9.17, 15) is 19.6 Å². The molecule has 1 amide bonds. The van der Waals surface area contributed by atoms with Gasteiger partial charge in [-0.15, -0.1) is 0 Å². The van der Waals surface area contributed by atoms with Gasteiger partial charge in [0.1, 0.15) is 11.9 Å². The number of halogens is 1. The van der Waals surface area contributed by atoms with E-state index < -0.39 is 5.82 Å². The Kier molecular flexibility index (Phi) is 8.41. The van der Waals surface area contributed by atoms with Crippen LogP contribution in [0.1, 0.15) is 51.3 Å². The monoisotopic (exact) mass is 556 g/mol. The zero-order valence-electron chi connectivity index (χ0n) is 24.0. The fraction of sp³-hybridized carbons (Fsp3) is 0.406. The molecular weight excluding hydrogens is 519 g/mol. The highest BCUT2D eigenvalue weighted by Crippen LogP contribution is 2.30. The number of carbonyl (C=O) groups excluding carboxylic acids is 1. The third-order valence-corrected chi connectivity index (χ3v) is 8.31. The molecule has 0 spiro atoms. The number of amides is 1. The number of aliphatic hydroxyl groups is 1. The van der Waals surface area contributed by atoms with Crippen LogP contribution in [0.15, 0.2) is 42.5 Å². The fourth-order valence-electron chi connectivity index (χ4n) is 6.08. The number of aliphatic hydroxyl groups excluding tert-OH is 1. The topological polar surface area (TPSA) is 95.7 Å². The molecule has 0 saturated carbocycles. The van der Waals surface area contributed by atoms with E-state index in [1.54, 1.807) is 6.07 Å². The van der Waals surface area contributed by atoms with Crippen LogP contribution in [-0.2, 0) is 6.61 Å². The van der Waals surface area contributed by atoms with E-state index in [2.05, 4.69) is 21.2 Å². The number of aromatic nitrogens is 1. The van der Waals surface area contributed by atoms with Gasteiger partial charge in [0.05, 0.1) is 40.5 Å². The molecule has 3 aromatic rings. The van der Waals surface area contributed by atoms with Crippen molar-refractivity contribution in [1.29, 1.82) is 5.26 Å². The SMILES string of the molecule is Cc1nc(C)c(C(=O)N2CCN(c3cccc(CO)c3)CC2)c(C)c1NC1CCN(c2ccc(F)cc2C#N)CC1. The van der Waals surface area contributed by atoms with E-state index >= 15 is 0 Å². The van der Waals surface area contributed by atoms with Crippen molar-refractivity contribution in [3.8, 4) is 6.07 Å². The van der Waals surface area contributed by atoms with Gasteiger partial charge in [-0.2, -0.15) is 5.26 Å². The van der Waals surface area contributed by atoms with E-state index in [0.29, 0.717) is 24.2 Å². The van der Waals surface area contributed by atoms with Crippen LogP contribution in [0.2, 0.25) is 0 Å². The van der Waals surface area contributed by atoms with Gasteiger partial charge in [0, 0.05) is 51.0 Å². The van der Waals surface area contributed by atoms with Gasteiger partial charge in [-0.25, -0.2) is 4.39 Å². The lowest BCUT2D eigenvalue weighted by molar-refractivity contribution is 0.0745. The first-order valence-electron chi connectivity index (χ1n) is 14.2. The molecule has 2 aromatic carbocycles. The molecule has 9 heteroatoms. The summed E-state index contributed by atoms with van der Waals surface area (Å²) in [6, 6.07) is 14.6. The molecule has 2 N–H and O–H groups in total. The number of nitrogens with one attached hydrogen (secondary N) is 1. The first kappa shape index (κ1) is 28.4. The van der Waals surface area contributed by atoms with Crippen molar-refractivity contribution in [2.75, 3.05) is 54.4 Å². The predicted molar refractivity (Wildman–Crippen MR) is 159 cm³/mol. The van der Waals surface area contributed by atoms with Crippen molar-refractivity contribution in [3.05, 3.63) is 81.9 Å². The maximum atomic E-state index is 13.8. The lowest BCUT2D eigenvalue weighted by atomic mass is 9.99. The van der Waals surface area contributed by atoms with Crippen LogP contribution in [0.3, 0.4) is 0 Å². The van der Waals surface area contributed by atoms with Crippen LogP contribution < -0.4 is 15.1 Å². The third-order valence-electron chi connectivity index (χ3n) is 8.31. The second-order valence-corrected chi connectivity index (χ2v) is 10.9. The molecule has 3 heterocycles. The van der Waals surface area contributed by atoms with Crippen LogP contribution in [0.25, 0.3) is 0 Å². The molecule has 0 bridgehead atoms. The number of pyridine rings is 1. The molecule has 41 heavy (non-hydrogen) atoms. The molecule has 0 aliphatic carbocycles. The molecule has 8 nitrogen and oxygen atoms in total. The minimum atomic E-state index is -0.403. The number of aryl methyl sites for hydroxylation is 2. The summed E-state index contributed by atoms with van der Waals surface area (Å²) in [5, 5.41) is 22.6. The van der Waals surface area contributed by atoms with Gasteiger partial charge in [0.25, 0.3) is 5.91 Å². The maximum Gasteiger partial charge on any atom is 0.256 e. The highest BCUT2D eigenvalue weighted by molar-refractivity contribution is 5.98. The minimum absolute atomic E-state index is 0.00877. The van der Waals surface area contributed by atoms with Gasteiger partial charge < -0.3 is 25.1 Å². The smallest absolute Gasteiger partial charge is 0.256 e. The van der Waals surface area contributed by atoms with Crippen molar-refractivity contribution in [1.82, 2.24) is 9.88 Å². The Morgan fingerprint density at radius 1 is 1.02 bits per heavy atom. The van der Waals surface area contributed by atoms with E-state index in [-0.39, 0.29) is 18.6 Å². The molecule has 2 aliphatic heterocycles. The molecule has 0 unspecified atom stereocenters. The zero-order chi connectivity index (χ0) is 29.1. The summed E-state index contributed by atoms with van der Waals surface area (Å²) in [5.41, 5.74) is 7.18. The Hall–Kier alpha value is -4.16. The van der Waals surface area contributed by atoms with Crippen LogP contribution >= 0.6 is 0 Å². The standard InChI is InChI=1S/C32H37FN6O2/c1-21-30(32(41)39-15-13-37(14-16-39)28-6-4-5-24(17-28)20-40)22(2)35-23(3)31(21)36-27-9-11-38(12-10-27)29-8-7-26(33)18-25(29)19-34/h4-8,17-18,27,36,40H,9-16,20H2,1-3H3. The predicted octanol–water partition coefficient (Wildman–Crippen LogP) is 4.55. The number of piperazine rings is 1. The van der Waals surface area contributed by atoms with Gasteiger partial charge in [-0.1, -0.05) is 12.1 Å². The molecule has 2 aliphatic rings. The number of nitriles is 1. The van der Waals surface area contributed by atoms with Gasteiger partial charge in [0.15, 0.2) is 0 Å². The first-order chi connectivity index (χ1) is 19.8. The molecule has 214 valence electrons. The van der Waals surface area contributed by atoms with Crippen molar-refractivity contribution in [2.24, 2.45) is 0 Å². The summed E-state index contributed by atoms with van der Waals surface area (Å²) in [7, 11) is 0. The van der Waals surface area contributed by atoms with E-state index in [4.69, 9.17) is 4.98 Å². The lowest BCUT2D eigenvalue weighted by Crippen LogP contribution is -2.49. The summed E-state index contributed by atoms with van der Waals surface area (Å²) in [6.45, 7) is 10.1. The molecule has 0 radical (unpaired) electrons. The third kappa shape index (κ3) is 5.98. The largest absolute Gasteiger partial charge is 0.392 e.